The van der Waals surface area contributed by atoms with Gasteiger partial charge >= 0.3 is 0 Å². The molecule has 0 saturated heterocycles. The van der Waals surface area contributed by atoms with Crippen molar-refractivity contribution in [1.82, 2.24) is 10.2 Å². The molecule has 0 aliphatic rings. The van der Waals surface area contributed by atoms with Gasteiger partial charge in [-0.2, -0.15) is 0 Å². The average Bonchev–Trinajstić information content (AvgIpc) is 3.03. The normalized spacial score (nSPS) is 11.9. The second-order valence-electron chi connectivity index (χ2n) is 10.2. The molecule has 0 aliphatic heterocycles. The summed E-state index contributed by atoms with van der Waals surface area (Å²) in [4.78, 5) is 29.3. The summed E-state index contributed by atoms with van der Waals surface area (Å²) in [6.45, 7) is 1.46. The zero-order chi connectivity index (χ0) is 31.5. The number of halogens is 2. The van der Waals surface area contributed by atoms with E-state index in [9.17, 15) is 22.4 Å². The van der Waals surface area contributed by atoms with Crippen LogP contribution in [0.1, 0.15) is 30.9 Å². The van der Waals surface area contributed by atoms with Crippen molar-refractivity contribution < 1.29 is 22.4 Å². The van der Waals surface area contributed by atoms with Crippen molar-refractivity contribution in [1.29, 1.82) is 0 Å². The third kappa shape index (κ3) is 8.24. The van der Waals surface area contributed by atoms with E-state index in [0.29, 0.717) is 6.54 Å². The van der Waals surface area contributed by atoms with Gasteiger partial charge in [0.2, 0.25) is 11.8 Å². The van der Waals surface area contributed by atoms with Crippen molar-refractivity contribution in [2.24, 2.45) is 0 Å². The van der Waals surface area contributed by atoms with Crippen LogP contribution in [0.2, 0.25) is 5.02 Å². The van der Waals surface area contributed by atoms with Crippen LogP contribution in [0.5, 0.6) is 0 Å². The molecule has 0 heterocycles. The van der Waals surface area contributed by atoms with Crippen LogP contribution in [0.25, 0.3) is 0 Å². The molecule has 0 aliphatic carbocycles. The minimum absolute atomic E-state index is 0.0356. The van der Waals surface area contributed by atoms with E-state index >= 15 is 0 Å². The number of hydrogen-bond donors (Lipinski definition) is 1. The van der Waals surface area contributed by atoms with Crippen LogP contribution in [0, 0.1) is 5.82 Å². The lowest BCUT2D eigenvalue weighted by Gasteiger charge is -2.34. The highest BCUT2D eigenvalue weighted by Crippen LogP contribution is 2.31. The largest absolute Gasteiger partial charge is 0.354 e. The summed E-state index contributed by atoms with van der Waals surface area (Å²) in [6, 6.07) is 28.2. The Bertz CT molecular complexity index is 1660. The fourth-order valence-electron chi connectivity index (χ4n) is 4.76. The zero-order valence-corrected chi connectivity index (χ0v) is 26.0. The van der Waals surface area contributed by atoms with Crippen LogP contribution in [-0.4, -0.2) is 44.3 Å². The summed E-state index contributed by atoms with van der Waals surface area (Å²) in [5.74, 6) is -1.66. The Labute approximate surface area is 263 Å². The third-order valence-corrected chi connectivity index (χ3v) is 9.22. The first-order valence-electron chi connectivity index (χ1n) is 14.4. The van der Waals surface area contributed by atoms with Crippen LogP contribution in [0.3, 0.4) is 0 Å². The predicted octanol–water partition coefficient (Wildman–Crippen LogP) is 6.23. The molecule has 1 N–H and O–H groups in total. The molecule has 0 radical (unpaired) electrons. The van der Waals surface area contributed by atoms with E-state index in [1.807, 2.05) is 37.3 Å². The lowest BCUT2D eigenvalue weighted by atomic mass is 10.0. The first kappa shape index (κ1) is 32.7. The Morgan fingerprint density at radius 2 is 1.48 bits per heavy atom. The predicted molar refractivity (Wildman–Crippen MR) is 171 cm³/mol. The number of anilines is 1. The summed E-state index contributed by atoms with van der Waals surface area (Å²) in [5.41, 5.74) is 1.08. The summed E-state index contributed by atoms with van der Waals surface area (Å²) in [6.07, 6.45) is 1.73. The maximum atomic E-state index is 15.0. The van der Waals surface area contributed by atoms with Gasteiger partial charge in [-0.1, -0.05) is 104 Å². The van der Waals surface area contributed by atoms with Crippen molar-refractivity contribution >= 4 is 39.1 Å². The van der Waals surface area contributed by atoms with Crippen LogP contribution < -0.4 is 9.62 Å². The molecule has 0 saturated carbocycles. The van der Waals surface area contributed by atoms with Crippen molar-refractivity contribution in [3.8, 4) is 0 Å². The number of para-hydroxylation sites is 1. The standard InChI is InChI=1S/C34H35ClFN3O4S/c1-2-3-22-37-34(41)32(23-26-14-6-4-7-15-26)38(24-27-16-10-12-20-30(27)36)33(40)25-39(31-21-13-11-19-29(31)35)44(42,43)28-17-8-5-9-18-28/h4-21,32H,2-3,22-25H2,1H3,(H,37,41). The first-order valence-corrected chi connectivity index (χ1v) is 16.2. The van der Waals surface area contributed by atoms with Gasteiger partial charge in [-0.05, 0) is 42.3 Å². The number of hydrogen-bond acceptors (Lipinski definition) is 4. The fourth-order valence-corrected chi connectivity index (χ4v) is 6.50. The molecule has 230 valence electrons. The Balaban J connectivity index is 1.80. The number of rotatable bonds is 14. The summed E-state index contributed by atoms with van der Waals surface area (Å²) >= 11 is 6.47. The molecule has 2 amide bonds. The average molecular weight is 636 g/mol. The Hall–Kier alpha value is -4.21. The van der Waals surface area contributed by atoms with Crippen LogP contribution in [0.4, 0.5) is 10.1 Å². The fraction of sp³-hybridized carbons (Fsp3) is 0.235. The number of sulfonamides is 1. The summed E-state index contributed by atoms with van der Waals surface area (Å²) < 4.78 is 43.9. The number of amides is 2. The van der Waals surface area contributed by atoms with Gasteiger partial charge < -0.3 is 10.2 Å². The molecule has 4 aromatic rings. The number of carbonyl (C=O) groups is 2. The molecule has 10 heteroatoms. The Morgan fingerprint density at radius 1 is 0.864 bits per heavy atom. The zero-order valence-electron chi connectivity index (χ0n) is 24.4. The molecule has 4 rings (SSSR count). The van der Waals surface area contributed by atoms with Gasteiger partial charge in [0.1, 0.15) is 18.4 Å². The van der Waals surface area contributed by atoms with Gasteiger partial charge in [0, 0.05) is 25.1 Å². The van der Waals surface area contributed by atoms with Gasteiger partial charge in [0.15, 0.2) is 0 Å². The molecular weight excluding hydrogens is 601 g/mol. The van der Waals surface area contributed by atoms with Crippen molar-refractivity contribution in [2.75, 3.05) is 17.4 Å². The third-order valence-electron chi connectivity index (χ3n) is 7.13. The van der Waals surface area contributed by atoms with Crippen LogP contribution >= 0.6 is 11.6 Å². The SMILES string of the molecule is CCCCNC(=O)C(Cc1ccccc1)N(Cc1ccccc1F)C(=O)CN(c1ccccc1Cl)S(=O)(=O)c1ccccc1. The first-order chi connectivity index (χ1) is 21.2. The summed E-state index contributed by atoms with van der Waals surface area (Å²) in [5, 5.41) is 3.03. The molecule has 0 bridgehead atoms. The molecule has 4 aromatic carbocycles. The Kier molecular flexibility index (Phi) is 11.5. The number of carbonyl (C=O) groups excluding carboxylic acids is 2. The monoisotopic (exact) mass is 635 g/mol. The summed E-state index contributed by atoms with van der Waals surface area (Å²) in [7, 11) is -4.28. The van der Waals surface area contributed by atoms with E-state index in [0.717, 1.165) is 22.7 Å². The van der Waals surface area contributed by atoms with E-state index in [1.165, 1.54) is 47.4 Å². The highest BCUT2D eigenvalue weighted by molar-refractivity contribution is 7.92. The minimum atomic E-state index is -4.28. The topological polar surface area (TPSA) is 86.8 Å². The van der Waals surface area contributed by atoms with Gasteiger partial charge in [-0.25, -0.2) is 12.8 Å². The van der Waals surface area contributed by atoms with Crippen molar-refractivity contribution in [3.05, 3.63) is 131 Å². The van der Waals surface area contributed by atoms with Gasteiger partial charge in [-0.15, -0.1) is 0 Å². The van der Waals surface area contributed by atoms with E-state index in [2.05, 4.69) is 5.32 Å². The smallest absolute Gasteiger partial charge is 0.264 e. The van der Waals surface area contributed by atoms with Crippen LogP contribution in [-0.2, 0) is 32.6 Å². The number of nitrogens with zero attached hydrogens (tertiary/aromatic N) is 2. The number of benzene rings is 4. The van der Waals surface area contributed by atoms with E-state index < -0.39 is 40.2 Å². The Morgan fingerprint density at radius 3 is 2.14 bits per heavy atom. The van der Waals surface area contributed by atoms with Gasteiger partial charge in [0.25, 0.3) is 10.0 Å². The van der Waals surface area contributed by atoms with Crippen molar-refractivity contribution in [2.45, 2.75) is 43.7 Å². The van der Waals surface area contributed by atoms with E-state index in [4.69, 9.17) is 11.6 Å². The van der Waals surface area contributed by atoms with Gasteiger partial charge in [-0.3, -0.25) is 13.9 Å². The lowest BCUT2D eigenvalue weighted by Crippen LogP contribution is -2.53. The number of unbranched alkanes of at least 4 members (excludes halogenated alkanes) is 1. The second-order valence-corrected chi connectivity index (χ2v) is 12.5. The maximum absolute atomic E-state index is 15.0. The lowest BCUT2D eigenvalue weighted by molar-refractivity contribution is -0.140. The molecule has 1 unspecified atom stereocenters. The van der Waals surface area contributed by atoms with E-state index in [1.54, 1.807) is 36.4 Å². The molecule has 0 fully saturated rings. The quantitative estimate of drug-likeness (QED) is 0.166. The van der Waals surface area contributed by atoms with Crippen molar-refractivity contribution in [3.63, 3.8) is 0 Å². The molecule has 7 nitrogen and oxygen atoms in total. The molecule has 0 aromatic heterocycles. The molecule has 44 heavy (non-hydrogen) atoms. The van der Waals surface area contributed by atoms with E-state index in [-0.39, 0.29) is 34.1 Å². The minimum Gasteiger partial charge on any atom is -0.354 e. The highest BCUT2D eigenvalue weighted by Gasteiger charge is 2.35. The van der Waals surface area contributed by atoms with Crippen LogP contribution in [0.15, 0.2) is 114 Å². The maximum Gasteiger partial charge on any atom is 0.264 e. The molecule has 0 spiro atoms. The van der Waals surface area contributed by atoms with Gasteiger partial charge in [0.05, 0.1) is 15.6 Å². The second kappa shape index (κ2) is 15.5. The highest BCUT2D eigenvalue weighted by atomic mass is 35.5. The molecule has 1 atom stereocenters. The molecular formula is C34H35ClFN3O4S. The number of nitrogens with one attached hydrogen (secondary N) is 1.